The van der Waals surface area contributed by atoms with E-state index in [9.17, 15) is 0 Å². The second-order valence-electron chi connectivity index (χ2n) is 5.37. The van der Waals surface area contributed by atoms with Crippen molar-refractivity contribution in [3.8, 4) is 0 Å². The number of fused-ring (bicyclic) bond motifs is 1. The van der Waals surface area contributed by atoms with Crippen LogP contribution in [0.3, 0.4) is 0 Å². The number of rotatable bonds is 4. The highest BCUT2D eigenvalue weighted by atomic mass is 15.1. The Bertz CT molecular complexity index is 534. The normalized spacial score (nSPS) is 13.2. The smallest absolute Gasteiger partial charge is 0.0724 e. The fourth-order valence-electron chi connectivity index (χ4n) is 2.38. The Morgan fingerprint density at radius 2 is 1.78 bits per heavy atom. The van der Waals surface area contributed by atoms with Crippen molar-refractivity contribution in [2.75, 3.05) is 0 Å². The quantitative estimate of drug-likeness (QED) is 0.898. The Morgan fingerprint density at radius 1 is 1.11 bits per heavy atom. The summed E-state index contributed by atoms with van der Waals surface area (Å²) in [5.41, 5.74) is 8.16. The monoisotopic (exact) mass is 243 g/mol. The summed E-state index contributed by atoms with van der Waals surface area (Å²) < 4.78 is 0. The predicted molar refractivity (Wildman–Crippen MR) is 75.4 cm³/mol. The van der Waals surface area contributed by atoms with Crippen molar-refractivity contribution in [2.24, 2.45) is 11.7 Å². The molecule has 1 aromatic carbocycles. The van der Waals surface area contributed by atoms with E-state index in [4.69, 9.17) is 5.73 Å². The van der Waals surface area contributed by atoms with E-state index < -0.39 is 0 Å². The van der Waals surface area contributed by atoms with Crippen LogP contribution >= 0.6 is 0 Å². The maximum absolute atomic E-state index is 6.17. The van der Waals surface area contributed by atoms with Gasteiger partial charge in [-0.15, -0.1) is 0 Å². The van der Waals surface area contributed by atoms with Crippen LogP contribution in [-0.2, 0) is 6.42 Å². The molecule has 1 atom stereocenters. The number of nitrogens with two attached hydrogens (primary N) is 1. The molecule has 0 aliphatic carbocycles. The Hall–Kier alpha value is -1.48. The zero-order valence-corrected chi connectivity index (χ0v) is 11.4. The van der Waals surface area contributed by atoms with Crippen LogP contribution in [0.2, 0.25) is 0 Å². The summed E-state index contributed by atoms with van der Waals surface area (Å²) in [7, 11) is 0. The minimum atomic E-state index is 0.158. The molecule has 1 heterocycles. The van der Waals surface area contributed by atoms with Crippen LogP contribution in [0.15, 0.2) is 24.3 Å². The zero-order chi connectivity index (χ0) is 13.1. The standard InChI is InChI=1S/C15H21N3/c1-10(2)8-12(16)9-15-14-7-5-4-6-13(14)11(3)17-18-15/h4-7,10,12H,8-9,16H2,1-3H3. The van der Waals surface area contributed by atoms with Gasteiger partial charge in [-0.2, -0.15) is 10.2 Å². The van der Waals surface area contributed by atoms with Crippen molar-refractivity contribution in [3.63, 3.8) is 0 Å². The number of aromatic nitrogens is 2. The van der Waals surface area contributed by atoms with E-state index in [-0.39, 0.29) is 6.04 Å². The molecule has 3 heteroatoms. The highest BCUT2D eigenvalue weighted by Gasteiger charge is 2.11. The van der Waals surface area contributed by atoms with Gasteiger partial charge in [-0.05, 0) is 19.3 Å². The summed E-state index contributed by atoms with van der Waals surface area (Å²) in [6.45, 7) is 6.38. The summed E-state index contributed by atoms with van der Waals surface area (Å²) >= 11 is 0. The van der Waals surface area contributed by atoms with Gasteiger partial charge in [0.1, 0.15) is 0 Å². The minimum absolute atomic E-state index is 0.158. The third-order valence-corrected chi connectivity index (χ3v) is 3.18. The molecule has 2 aromatic rings. The number of hydrogen-bond acceptors (Lipinski definition) is 3. The largest absolute Gasteiger partial charge is 0.327 e. The fourth-order valence-corrected chi connectivity index (χ4v) is 2.38. The molecule has 96 valence electrons. The van der Waals surface area contributed by atoms with Crippen molar-refractivity contribution in [3.05, 3.63) is 35.7 Å². The molecular weight excluding hydrogens is 222 g/mol. The van der Waals surface area contributed by atoms with Gasteiger partial charge in [0.05, 0.1) is 11.4 Å². The zero-order valence-electron chi connectivity index (χ0n) is 11.4. The molecule has 0 aliphatic heterocycles. The van der Waals surface area contributed by atoms with Gasteiger partial charge in [0, 0.05) is 23.2 Å². The number of hydrogen-bond donors (Lipinski definition) is 1. The van der Waals surface area contributed by atoms with Crippen LogP contribution < -0.4 is 5.73 Å². The second-order valence-corrected chi connectivity index (χ2v) is 5.37. The van der Waals surface area contributed by atoms with Gasteiger partial charge < -0.3 is 5.73 Å². The molecule has 2 N–H and O–H groups in total. The molecule has 0 bridgehead atoms. The summed E-state index contributed by atoms with van der Waals surface area (Å²) in [5.74, 6) is 0.615. The van der Waals surface area contributed by atoms with E-state index in [0.717, 1.165) is 24.2 Å². The van der Waals surface area contributed by atoms with Crippen molar-refractivity contribution < 1.29 is 0 Å². The Balaban J connectivity index is 2.31. The van der Waals surface area contributed by atoms with Gasteiger partial charge in [-0.25, -0.2) is 0 Å². The number of benzene rings is 1. The Kier molecular flexibility index (Phi) is 3.92. The lowest BCUT2D eigenvalue weighted by Gasteiger charge is -2.14. The first kappa shape index (κ1) is 13.0. The lowest BCUT2D eigenvalue weighted by Crippen LogP contribution is -2.25. The lowest BCUT2D eigenvalue weighted by atomic mass is 9.98. The molecule has 3 nitrogen and oxygen atoms in total. The number of nitrogens with zero attached hydrogens (tertiary/aromatic N) is 2. The average molecular weight is 243 g/mol. The summed E-state index contributed by atoms with van der Waals surface area (Å²) in [4.78, 5) is 0. The maximum Gasteiger partial charge on any atom is 0.0724 e. The average Bonchev–Trinajstić information content (AvgIpc) is 2.32. The van der Waals surface area contributed by atoms with Crippen molar-refractivity contribution in [2.45, 2.75) is 39.7 Å². The molecule has 0 saturated carbocycles. The van der Waals surface area contributed by atoms with Gasteiger partial charge in [0.25, 0.3) is 0 Å². The van der Waals surface area contributed by atoms with Gasteiger partial charge in [0.2, 0.25) is 0 Å². The van der Waals surface area contributed by atoms with Gasteiger partial charge in [-0.1, -0.05) is 38.1 Å². The van der Waals surface area contributed by atoms with E-state index in [1.54, 1.807) is 0 Å². The van der Waals surface area contributed by atoms with E-state index in [1.807, 2.05) is 19.1 Å². The van der Waals surface area contributed by atoms with Crippen molar-refractivity contribution >= 4 is 10.8 Å². The molecule has 2 rings (SSSR count). The molecule has 0 fully saturated rings. The first-order valence-corrected chi connectivity index (χ1v) is 6.54. The van der Waals surface area contributed by atoms with Crippen LogP contribution in [0.1, 0.15) is 31.7 Å². The van der Waals surface area contributed by atoms with Crippen molar-refractivity contribution in [1.29, 1.82) is 0 Å². The molecule has 1 aromatic heterocycles. The number of aryl methyl sites for hydroxylation is 1. The fraction of sp³-hybridized carbons (Fsp3) is 0.467. The van der Waals surface area contributed by atoms with Crippen molar-refractivity contribution in [1.82, 2.24) is 10.2 Å². The first-order valence-electron chi connectivity index (χ1n) is 6.54. The Labute approximate surface area is 108 Å². The van der Waals surface area contributed by atoms with E-state index in [2.05, 4.69) is 36.2 Å². The highest BCUT2D eigenvalue weighted by Crippen LogP contribution is 2.20. The topological polar surface area (TPSA) is 51.8 Å². The molecule has 1 unspecified atom stereocenters. The van der Waals surface area contributed by atoms with Crippen LogP contribution in [0.4, 0.5) is 0 Å². The van der Waals surface area contributed by atoms with E-state index in [1.165, 1.54) is 10.8 Å². The minimum Gasteiger partial charge on any atom is -0.327 e. The predicted octanol–water partition coefficient (Wildman–Crippen LogP) is 2.85. The van der Waals surface area contributed by atoms with Gasteiger partial charge in [-0.3, -0.25) is 0 Å². The Morgan fingerprint density at radius 3 is 2.44 bits per heavy atom. The molecule has 0 aliphatic rings. The third-order valence-electron chi connectivity index (χ3n) is 3.18. The van der Waals surface area contributed by atoms with Crippen LogP contribution in [0.5, 0.6) is 0 Å². The maximum atomic E-state index is 6.17. The second kappa shape index (κ2) is 5.44. The molecule has 0 saturated heterocycles. The van der Waals surface area contributed by atoms with Crippen LogP contribution in [0, 0.1) is 12.8 Å². The van der Waals surface area contributed by atoms with E-state index >= 15 is 0 Å². The molecular formula is C15H21N3. The summed E-state index contributed by atoms with van der Waals surface area (Å²) in [6, 6.07) is 8.44. The summed E-state index contributed by atoms with van der Waals surface area (Å²) in [5, 5.41) is 10.9. The van der Waals surface area contributed by atoms with Crippen LogP contribution in [0.25, 0.3) is 10.8 Å². The lowest BCUT2D eigenvalue weighted by molar-refractivity contribution is 0.490. The molecule has 0 spiro atoms. The third kappa shape index (κ3) is 2.85. The molecule has 18 heavy (non-hydrogen) atoms. The van der Waals surface area contributed by atoms with Gasteiger partial charge in [0.15, 0.2) is 0 Å². The molecule has 0 amide bonds. The first-order chi connectivity index (χ1) is 8.58. The highest BCUT2D eigenvalue weighted by molar-refractivity contribution is 5.86. The molecule has 0 radical (unpaired) electrons. The van der Waals surface area contributed by atoms with Gasteiger partial charge >= 0.3 is 0 Å². The SMILES string of the molecule is Cc1nnc(CC(N)CC(C)C)c2ccccc12. The van der Waals surface area contributed by atoms with E-state index in [0.29, 0.717) is 5.92 Å². The summed E-state index contributed by atoms with van der Waals surface area (Å²) in [6.07, 6.45) is 1.82. The van der Waals surface area contributed by atoms with Crippen LogP contribution in [-0.4, -0.2) is 16.2 Å².